The van der Waals surface area contributed by atoms with Crippen molar-refractivity contribution in [3.63, 3.8) is 0 Å². The second-order valence-electron chi connectivity index (χ2n) is 4.26. The number of rotatable bonds is 7. The molecular formula is C13H17FINO2. The Morgan fingerprint density at radius 2 is 2.22 bits per heavy atom. The van der Waals surface area contributed by atoms with Crippen LogP contribution >= 0.6 is 22.9 Å². The predicted molar refractivity (Wildman–Crippen MR) is 77.5 cm³/mol. The van der Waals surface area contributed by atoms with E-state index in [2.05, 4.69) is 3.53 Å². The first kappa shape index (κ1) is 15.4. The van der Waals surface area contributed by atoms with Crippen LogP contribution in [0.2, 0.25) is 0 Å². The van der Waals surface area contributed by atoms with Crippen LogP contribution in [0.15, 0.2) is 18.2 Å². The predicted octanol–water partition coefficient (Wildman–Crippen LogP) is 3.05. The fourth-order valence-corrected chi connectivity index (χ4v) is 2.16. The summed E-state index contributed by atoms with van der Waals surface area (Å²) in [4.78, 5) is 10.9. The van der Waals surface area contributed by atoms with E-state index in [1.165, 1.54) is 19.1 Å². The molecule has 0 spiro atoms. The molecule has 18 heavy (non-hydrogen) atoms. The molecule has 1 rings (SSSR count). The Bertz CT molecular complexity index is 412. The lowest BCUT2D eigenvalue weighted by Crippen LogP contribution is -2.23. The van der Waals surface area contributed by atoms with Crippen LogP contribution in [-0.2, 0) is 11.2 Å². The first-order valence-electron chi connectivity index (χ1n) is 5.80. The van der Waals surface area contributed by atoms with Crippen molar-refractivity contribution in [2.75, 3.05) is 6.54 Å². The number of nitrogens with one attached hydrogen (secondary N) is 1. The number of ketones is 1. The van der Waals surface area contributed by atoms with Crippen molar-refractivity contribution in [3.8, 4) is 5.75 Å². The van der Waals surface area contributed by atoms with Crippen molar-refractivity contribution in [1.82, 2.24) is 3.53 Å². The molecule has 1 N–H and O–H groups in total. The van der Waals surface area contributed by atoms with E-state index in [1.54, 1.807) is 6.07 Å². The molecule has 100 valence electrons. The maximum atomic E-state index is 13.4. The number of aryl methyl sites for hydroxylation is 1. The van der Waals surface area contributed by atoms with Gasteiger partial charge in [0.05, 0.1) is 0 Å². The third-order valence-electron chi connectivity index (χ3n) is 2.40. The zero-order valence-electron chi connectivity index (χ0n) is 10.5. The Hall–Kier alpha value is -0.690. The largest absolute Gasteiger partial charge is 0.489 e. The molecule has 0 bridgehead atoms. The number of carbonyl (C=O) groups excluding carboxylic acids is 1. The number of hydrogen-bond acceptors (Lipinski definition) is 3. The van der Waals surface area contributed by atoms with Crippen LogP contribution in [-0.4, -0.2) is 18.4 Å². The van der Waals surface area contributed by atoms with Crippen molar-refractivity contribution in [2.24, 2.45) is 0 Å². The standard InChI is InChI=1S/C13H17FINO2/c1-9(17)3-4-11-5-12(14)7-13(6-11)18-10(2)8-16-15/h5-7,10,16H,3-4,8H2,1-2H3/t10-/m1/s1. The van der Waals surface area contributed by atoms with Gasteiger partial charge in [-0.3, -0.25) is 3.53 Å². The quantitative estimate of drug-likeness (QED) is 0.596. The zero-order chi connectivity index (χ0) is 13.5. The van der Waals surface area contributed by atoms with E-state index >= 15 is 0 Å². The van der Waals surface area contributed by atoms with Gasteiger partial charge in [0.15, 0.2) is 0 Å². The number of ether oxygens (including phenoxy) is 1. The third kappa shape index (κ3) is 5.77. The van der Waals surface area contributed by atoms with E-state index < -0.39 is 0 Å². The number of halogens is 2. The fourth-order valence-electron chi connectivity index (χ4n) is 1.54. The molecule has 0 radical (unpaired) electrons. The van der Waals surface area contributed by atoms with Crippen LogP contribution in [0.4, 0.5) is 4.39 Å². The van der Waals surface area contributed by atoms with E-state index in [9.17, 15) is 9.18 Å². The molecule has 1 aromatic carbocycles. The maximum absolute atomic E-state index is 13.4. The summed E-state index contributed by atoms with van der Waals surface area (Å²) >= 11 is 2.04. The summed E-state index contributed by atoms with van der Waals surface area (Å²) < 4.78 is 22.0. The van der Waals surface area contributed by atoms with Crippen LogP contribution in [0.5, 0.6) is 5.75 Å². The zero-order valence-corrected chi connectivity index (χ0v) is 12.7. The summed E-state index contributed by atoms with van der Waals surface area (Å²) in [5.74, 6) is 0.276. The Kier molecular flexibility index (Phi) is 6.56. The van der Waals surface area contributed by atoms with E-state index in [0.717, 1.165) is 5.56 Å². The van der Waals surface area contributed by atoms with Gasteiger partial charge in [0.1, 0.15) is 23.5 Å². The number of benzene rings is 1. The van der Waals surface area contributed by atoms with Gasteiger partial charge in [-0.25, -0.2) is 4.39 Å². The number of Topliss-reactive ketones (excluding diaryl/α,β-unsaturated/α-hetero) is 1. The van der Waals surface area contributed by atoms with Crippen LogP contribution in [0.1, 0.15) is 25.8 Å². The summed E-state index contributed by atoms with van der Waals surface area (Å²) in [6, 6.07) is 4.59. The van der Waals surface area contributed by atoms with Gasteiger partial charge in [0.25, 0.3) is 0 Å². The summed E-state index contributed by atoms with van der Waals surface area (Å²) in [6.45, 7) is 4.12. The third-order valence-corrected chi connectivity index (χ3v) is 2.84. The lowest BCUT2D eigenvalue weighted by atomic mass is 10.1. The highest BCUT2D eigenvalue weighted by Crippen LogP contribution is 2.19. The lowest BCUT2D eigenvalue weighted by molar-refractivity contribution is -0.116. The highest BCUT2D eigenvalue weighted by Gasteiger charge is 2.07. The fraction of sp³-hybridized carbons (Fsp3) is 0.462. The van der Waals surface area contributed by atoms with Crippen molar-refractivity contribution in [2.45, 2.75) is 32.8 Å². The Balaban J connectivity index is 2.70. The van der Waals surface area contributed by atoms with E-state index in [4.69, 9.17) is 4.74 Å². The van der Waals surface area contributed by atoms with Crippen LogP contribution < -0.4 is 8.27 Å². The smallest absolute Gasteiger partial charge is 0.130 e. The van der Waals surface area contributed by atoms with E-state index in [-0.39, 0.29) is 17.7 Å². The molecular weight excluding hydrogens is 348 g/mol. The van der Waals surface area contributed by atoms with Gasteiger partial charge in [-0.05, 0) is 38.0 Å². The van der Waals surface area contributed by atoms with Gasteiger partial charge < -0.3 is 9.53 Å². The minimum absolute atomic E-state index is 0.0376. The summed E-state index contributed by atoms with van der Waals surface area (Å²) in [5, 5.41) is 0. The number of carbonyl (C=O) groups is 1. The number of hydrogen-bond donors (Lipinski definition) is 1. The maximum Gasteiger partial charge on any atom is 0.130 e. The summed E-state index contributed by atoms with van der Waals surface area (Å²) in [5.41, 5.74) is 0.787. The highest BCUT2D eigenvalue weighted by molar-refractivity contribution is 14.1. The second-order valence-corrected chi connectivity index (χ2v) is 5.03. The molecule has 0 heterocycles. The van der Waals surface area contributed by atoms with E-state index in [0.29, 0.717) is 25.1 Å². The molecule has 0 aromatic heterocycles. The minimum Gasteiger partial charge on any atom is -0.489 e. The van der Waals surface area contributed by atoms with Gasteiger partial charge in [-0.15, -0.1) is 0 Å². The molecule has 0 fully saturated rings. The molecule has 1 aromatic rings. The average Bonchev–Trinajstić information content (AvgIpc) is 2.25. The van der Waals surface area contributed by atoms with Crippen LogP contribution in [0.3, 0.4) is 0 Å². The first-order chi connectivity index (χ1) is 8.51. The first-order valence-corrected chi connectivity index (χ1v) is 6.88. The molecule has 5 heteroatoms. The van der Waals surface area contributed by atoms with Gasteiger partial charge >= 0.3 is 0 Å². The molecule has 0 amide bonds. The molecule has 3 nitrogen and oxygen atoms in total. The van der Waals surface area contributed by atoms with Crippen molar-refractivity contribution in [3.05, 3.63) is 29.6 Å². The molecule has 0 aliphatic carbocycles. The van der Waals surface area contributed by atoms with Gasteiger partial charge in [0, 0.05) is 41.9 Å². The van der Waals surface area contributed by atoms with Crippen LogP contribution in [0.25, 0.3) is 0 Å². The van der Waals surface area contributed by atoms with Gasteiger partial charge in [0.2, 0.25) is 0 Å². The molecule has 0 unspecified atom stereocenters. The van der Waals surface area contributed by atoms with Gasteiger partial charge in [-0.1, -0.05) is 0 Å². The molecule has 1 atom stereocenters. The Morgan fingerprint density at radius 1 is 1.50 bits per heavy atom. The highest BCUT2D eigenvalue weighted by atomic mass is 127. The topological polar surface area (TPSA) is 38.3 Å². The molecule has 0 saturated carbocycles. The molecule has 0 saturated heterocycles. The Morgan fingerprint density at radius 3 is 2.83 bits per heavy atom. The Labute approximate surface area is 121 Å². The normalized spacial score (nSPS) is 12.2. The summed E-state index contributed by atoms with van der Waals surface area (Å²) in [6.07, 6.45) is 0.931. The molecule has 0 aliphatic heterocycles. The van der Waals surface area contributed by atoms with Crippen molar-refractivity contribution < 1.29 is 13.9 Å². The average molecular weight is 365 g/mol. The SMILES string of the molecule is CC(=O)CCc1cc(F)cc(O[C@H](C)CNI)c1. The van der Waals surface area contributed by atoms with Crippen LogP contribution in [0, 0.1) is 5.82 Å². The minimum atomic E-state index is -0.333. The molecule has 0 aliphatic rings. The van der Waals surface area contributed by atoms with E-state index in [1.807, 2.05) is 29.8 Å². The van der Waals surface area contributed by atoms with Crippen molar-refractivity contribution in [1.29, 1.82) is 0 Å². The second kappa shape index (κ2) is 7.68. The van der Waals surface area contributed by atoms with Crippen molar-refractivity contribution >= 4 is 28.6 Å². The lowest BCUT2D eigenvalue weighted by Gasteiger charge is -2.14. The summed E-state index contributed by atoms with van der Waals surface area (Å²) in [7, 11) is 0. The van der Waals surface area contributed by atoms with Gasteiger partial charge in [-0.2, -0.15) is 0 Å². The monoisotopic (exact) mass is 365 g/mol.